The Kier molecular flexibility index (Phi) is 2.71. The van der Waals surface area contributed by atoms with Crippen molar-refractivity contribution in [3.8, 4) is 11.1 Å². The Hall–Kier alpha value is -1.74. The fourth-order valence-electron chi connectivity index (χ4n) is 1.54. The highest BCUT2D eigenvalue weighted by Crippen LogP contribution is 2.21. The zero-order chi connectivity index (χ0) is 11.7. The van der Waals surface area contributed by atoms with Gasteiger partial charge in [-0.2, -0.15) is 0 Å². The number of pyridine rings is 1. The summed E-state index contributed by atoms with van der Waals surface area (Å²) >= 11 is 5.81. The van der Waals surface area contributed by atoms with Crippen LogP contribution in [-0.4, -0.2) is 4.57 Å². The molecule has 0 fully saturated rings. The van der Waals surface area contributed by atoms with Crippen LogP contribution >= 0.6 is 11.6 Å². The second kappa shape index (κ2) is 4.02. The van der Waals surface area contributed by atoms with Crippen molar-refractivity contribution in [3.05, 3.63) is 51.9 Å². The molecule has 1 aromatic carbocycles. The number of rotatable bonds is 1. The zero-order valence-electron chi connectivity index (χ0n) is 8.77. The molecule has 0 aliphatic rings. The van der Waals surface area contributed by atoms with Crippen LogP contribution < -0.4 is 11.3 Å². The van der Waals surface area contributed by atoms with Gasteiger partial charge in [0.2, 0.25) is 0 Å². The molecule has 0 radical (unpaired) electrons. The molecule has 0 saturated heterocycles. The van der Waals surface area contributed by atoms with Crippen LogP contribution in [0.1, 0.15) is 0 Å². The first-order chi connectivity index (χ1) is 7.58. The normalized spacial score (nSPS) is 10.4. The minimum Gasteiger partial charge on any atom is -0.394 e. The molecule has 82 valence electrons. The molecular formula is C12H11ClN2O. The first kappa shape index (κ1) is 10.8. The standard InChI is InChI=1S/C12H11ClN2O/c1-15-7-9(6-11(14)12(15)16)8-2-4-10(13)5-3-8/h2-7H,14H2,1H3. The van der Waals surface area contributed by atoms with Crippen molar-refractivity contribution in [2.24, 2.45) is 7.05 Å². The first-order valence-electron chi connectivity index (χ1n) is 4.80. The maximum atomic E-state index is 11.4. The Morgan fingerprint density at radius 1 is 1.19 bits per heavy atom. The summed E-state index contributed by atoms with van der Waals surface area (Å²) in [6.07, 6.45) is 1.75. The van der Waals surface area contributed by atoms with Gasteiger partial charge in [0.15, 0.2) is 0 Å². The van der Waals surface area contributed by atoms with E-state index in [-0.39, 0.29) is 11.2 Å². The lowest BCUT2D eigenvalue weighted by molar-refractivity contribution is 0.866. The van der Waals surface area contributed by atoms with E-state index in [4.69, 9.17) is 17.3 Å². The molecule has 0 aliphatic carbocycles. The van der Waals surface area contributed by atoms with Crippen molar-refractivity contribution in [3.63, 3.8) is 0 Å². The quantitative estimate of drug-likeness (QED) is 0.823. The number of anilines is 1. The van der Waals surface area contributed by atoms with Gasteiger partial charge in [0.25, 0.3) is 5.56 Å². The van der Waals surface area contributed by atoms with Crippen molar-refractivity contribution in [1.82, 2.24) is 4.57 Å². The SMILES string of the molecule is Cn1cc(-c2ccc(Cl)cc2)cc(N)c1=O. The fourth-order valence-corrected chi connectivity index (χ4v) is 1.66. The maximum absolute atomic E-state index is 11.4. The molecule has 0 unspecified atom stereocenters. The summed E-state index contributed by atoms with van der Waals surface area (Å²) in [6.45, 7) is 0. The lowest BCUT2D eigenvalue weighted by atomic mass is 10.1. The molecule has 3 nitrogen and oxygen atoms in total. The van der Waals surface area contributed by atoms with Crippen molar-refractivity contribution in [1.29, 1.82) is 0 Å². The molecule has 4 heteroatoms. The van der Waals surface area contributed by atoms with Crippen LogP contribution in [0.5, 0.6) is 0 Å². The predicted molar refractivity (Wildman–Crippen MR) is 66.5 cm³/mol. The molecular weight excluding hydrogens is 224 g/mol. The highest BCUT2D eigenvalue weighted by Gasteiger charge is 2.03. The van der Waals surface area contributed by atoms with E-state index in [0.29, 0.717) is 5.02 Å². The molecule has 0 atom stereocenters. The molecule has 1 heterocycles. The molecule has 0 bridgehead atoms. The van der Waals surface area contributed by atoms with Gasteiger partial charge >= 0.3 is 0 Å². The van der Waals surface area contributed by atoms with Gasteiger partial charge in [-0.3, -0.25) is 4.79 Å². The summed E-state index contributed by atoms with van der Waals surface area (Å²) < 4.78 is 1.47. The average molecular weight is 235 g/mol. The number of benzene rings is 1. The maximum Gasteiger partial charge on any atom is 0.273 e. The minimum absolute atomic E-state index is 0.183. The third-order valence-electron chi connectivity index (χ3n) is 2.39. The summed E-state index contributed by atoms with van der Waals surface area (Å²) in [5, 5.41) is 0.682. The summed E-state index contributed by atoms with van der Waals surface area (Å²) in [6, 6.07) is 9.06. The van der Waals surface area contributed by atoms with Gasteiger partial charge in [-0.1, -0.05) is 23.7 Å². The Morgan fingerprint density at radius 3 is 2.38 bits per heavy atom. The molecule has 0 saturated carbocycles. The first-order valence-corrected chi connectivity index (χ1v) is 5.18. The Bertz CT molecular complexity index is 546. The van der Waals surface area contributed by atoms with Crippen LogP contribution in [0.25, 0.3) is 11.1 Å². The Morgan fingerprint density at radius 2 is 1.81 bits per heavy atom. The summed E-state index contributed by atoms with van der Waals surface area (Å²) in [5.74, 6) is 0. The average Bonchev–Trinajstić information content (AvgIpc) is 2.26. The second-order valence-corrected chi connectivity index (χ2v) is 4.04. The Balaban J connectivity index is 2.57. The highest BCUT2D eigenvalue weighted by molar-refractivity contribution is 6.30. The third kappa shape index (κ3) is 1.95. The van der Waals surface area contributed by atoms with E-state index in [1.165, 1.54) is 4.57 Å². The smallest absolute Gasteiger partial charge is 0.273 e. The van der Waals surface area contributed by atoms with E-state index in [1.54, 1.807) is 31.4 Å². The zero-order valence-corrected chi connectivity index (χ0v) is 9.53. The number of nitrogen functional groups attached to an aromatic ring is 1. The van der Waals surface area contributed by atoms with Crippen LogP contribution in [0.3, 0.4) is 0 Å². The van der Waals surface area contributed by atoms with E-state index in [2.05, 4.69) is 0 Å². The van der Waals surface area contributed by atoms with E-state index >= 15 is 0 Å². The van der Waals surface area contributed by atoms with Crippen LogP contribution in [-0.2, 0) is 7.05 Å². The van der Waals surface area contributed by atoms with E-state index in [9.17, 15) is 4.79 Å². The van der Waals surface area contributed by atoms with Crippen LogP contribution in [0.2, 0.25) is 5.02 Å². The van der Waals surface area contributed by atoms with Gasteiger partial charge in [0, 0.05) is 23.8 Å². The topological polar surface area (TPSA) is 48.0 Å². The van der Waals surface area contributed by atoms with Crippen molar-refractivity contribution in [2.75, 3.05) is 5.73 Å². The number of nitrogens with two attached hydrogens (primary N) is 1. The van der Waals surface area contributed by atoms with Gasteiger partial charge in [0.05, 0.1) is 5.69 Å². The van der Waals surface area contributed by atoms with Crippen LogP contribution in [0.4, 0.5) is 5.69 Å². The fraction of sp³-hybridized carbons (Fsp3) is 0.0833. The largest absolute Gasteiger partial charge is 0.394 e. The van der Waals surface area contributed by atoms with E-state index < -0.39 is 0 Å². The van der Waals surface area contributed by atoms with E-state index in [1.807, 2.05) is 12.1 Å². The Labute approximate surface area is 98.1 Å². The van der Waals surface area contributed by atoms with Gasteiger partial charge in [-0.05, 0) is 23.8 Å². The van der Waals surface area contributed by atoms with Crippen molar-refractivity contribution < 1.29 is 0 Å². The van der Waals surface area contributed by atoms with Gasteiger partial charge in [-0.25, -0.2) is 0 Å². The third-order valence-corrected chi connectivity index (χ3v) is 2.64. The highest BCUT2D eigenvalue weighted by atomic mass is 35.5. The van der Waals surface area contributed by atoms with E-state index in [0.717, 1.165) is 11.1 Å². The number of hydrogen-bond acceptors (Lipinski definition) is 2. The lowest BCUT2D eigenvalue weighted by Gasteiger charge is -2.06. The number of aromatic nitrogens is 1. The number of halogens is 1. The second-order valence-electron chi connectivity index (χ2n) is 3.61. The van der Waals surface area contributed by atoms with Crippen LogP contribution in [0, 0.1) is 0 Å². The number of hydrogen-bond donors (Lipinski definition) is 1. The number of nitrogens with zero attached hydrogens (tertiary/aromatic N) is 1. The molecule has 0 amide bonds. The van der Waals surface area contributed by atoms with Crippen molar-refractivity contribution >= 4 is 17.3 Å². The molecule has 2 N–H and O–H groups in total. The molecule has 0 aliphatic heterocycles. The molecule has 2 aromatic rings. The molecule has 16 heavy (non-hydrogen) atoms. The molecule has 0 spiro atoms. The van der Waals surface area contributed by atoms with Gasteiger partial charge in [-0.15, -0.1) is 0 Å². The number of aryl methyl sites for hydroxylation is 1. The molecule has 2 rings (SSSR count). The predicted octanol–water partition coefficient (Wildman–Crippen LogP) is 2.29. The summed E-state index contributed by atoms with van der Waals surface area (Å²) in [5.41, 5.74) is 7.57. The monoisotopic (exact) mass is 234 g/mol. The van der Waals surface area contributed by atoms with Gasteiger partial charge < -0.3 is 10.3 Å². The lowest BCUT2D eigenvalue weighted by Crippen LogP contribution is -2.19. The minimum atomic E-state index is -0.183. The molecule has 1 aromatic heterocycles. The summed E-state index contributed by atoms with van der Waals surface area (Å²) in [4.78, 5) is 11.4. The summed E-state index contributed by atoms with van der Waals surface area (Å²) in [7, 11) is 1.68. The van der Waals surface area contributed by atoms with Crippen molar-refractivity contribution in [2.45, 2.75) is 0 Å². The van der Waals surface area contributed by atoms with Gasteiger partial charge in [0.1, 0.15) is 0 Å². The van der Waals surface area contributed by atoms with Crippen LogP contribution in [0.15, 0.2) is 41.3 Å².